The molecule has 2 heterocycles. The molecule has 0 radical (unpaired) electrons. The van der Waals surface area contributed by atoms with Crippen LogP contribution in [0, 0.1) is 0 Å². The first-order valence-corrected chi connectivity index (χ1v) is 8.64. The van der Waals surface area contributed by atoms with Crippen molar-refractivity contribution in [3.05, 3.63) is 42.5 Å². The summed E-state index contributed by atoms with van der Waals surface area (Å²) in [4.78, 5) is 2.34. The fourth-order valence-corrected chi connectivity index (χ4v) is 3.26. The topological polar surface area (TPSA) is 66.2 Å². The Morgan fingerprint density at radius 2 is 1.92 bits per heavy atom. The van der Waals surface area contributed by atoms with Crippen LogP contribution >= 0.6 is 0 Å². The molecule has 0 atom stereocenters. The molecule has 2 aromatic rings. The Balaban J connectivity index is 1.51. The maximum absolute atomic E-state index is 9.93. The van der Waals surface area contributed by atoms with Crippen molar-refractivity contribution >= 4 is 0 Å². The summed E-state index contributed by atoms with van der Waals surface area (Å²) in [7, 11) is 0. The van der Waals surface area contributed by atoms with Crippen LogP contribution in [0.15, 0.2) is 36.7 Å². The second-order valence-corrected chi connectivity index (χ2v) is 7.20. The van der Waals surface area contributed by atoms with E-state index in [9.17, 15) is 5.11 Å². The molecule has 0 saturated carbocycles. The fraction of sp³-hybridized carbons (Fsp3) is 0.556. The lowest BCUT2D eigenvalue weighted by atomic mass is 10.0. The van der Waals surface area contributed by atoms with Crippen LogP contribution in [0.1, 0.15) is 32.5 Å². The molecule has 0 amide bonds. The Morgan fingerprint density at radius 1 is 1.21 bits per heavy atom. The van der Waals surface area contributed by atoms with Gasteiger partial charge in [0.1, 0.15) is 6.33 Å². The maximum atomic E-state index is 9.93. The highest BCUT2D eigenvalue weighted by Crippen LogP contribution is 2.15. The Bertz CT molecular complexity index is 626. The zero-order valence-corrected chi connectivity index (χ0v) is 14.5. The van der Waals surface area contributed by atoms with Crippen LogP contribution in [0.25, 0.3) is 5.69 Å². The second-order valence-electron chi connectivity index (χ2n) is 7.20. The summed E-state index contributed by atoms with van der Waals surface area (Å²) in [5.74, 6) is 0.931. The van der Waals surface area contributed by atoms with Crippen LogP contribution < -0.4 is 5.32 Å². The van der Waals surface area contributed by atoms with Crippen molar-refractivity contribution in [2.75, 3.05) is 19.6 Å². The number of hydrogen-bond donors (Lipinski definition) is 2. The first kappa shape index (κ1) is 17.1. The van der Waals surface area contributed by atoms with E-state index in [1.807, 2.05) is 36.6 Å². The summed E-state index contributed by atoms with van der Waals surface area (Å²) in [6.07, 6.45) is 3.95. The number of β-amino-alcohol motifs (C(OH)–C–C–N with tert-alkyl or cyclic N) is 1. The van der Waals surface area contributed by atoms with Gasteiger partial charge in [-0.25, -0.2) is 0 Å². The van der Waals surface area contributed by atoms with Crippen LogP contribution in [0.3, 0.4) is 0 Å². The van der Waals surface area contributed by atoms with E-state index in [-0.39, 0.29) is 0 Å². The molecular weight excluding hydrogens is 302 g/mol. The smallest absolute Gasteiger partial charge is 0.151 e. The average Bonchev–Trinajstić information content (AvgIpc) is 3.02. The number of nitrogens with one attached hydrogen (secondary N) is 1. The minimum absolute atomic E-state index is 0.490. The quantitative estimate of drug-likeness (QED) is 0.842. The van der Waals surface area contributed by atoms with E-state index < -0.39 is 5.60 Å². The molecule has 1 fully saturated rings. The predicted octanol–water partition coefficient (Wildman–Crippen LogP) is 1.59. The standard InChI is InChI=1S/C18H27N5O/c1-18(2,24)13-22-10-8-15(9-11-22)19-12-17-21-20-14-23(17)16-6-4-3-5-7-16/h3-7,14-15,19,24H,8-13H2,1-2H3. The predicted molar refractivity (Wildman–Crippen MR) is 94.0 cm³/mol. The average molecular weight is 329 g/mol. The number of aromatic nitrogens is 3. The van der Waals surface area contributed by atoms with Gasteiger partial charge in [0.2, 0.25) is 0 Å². The molecule has 1 aliphatic rings. The molecule has 1 aliphatic heterocycles. The molecule has 6 nitrogen and oxygen atoms in total. The van der Waals surface area contributed by atoms with Crippen LogP contribution in [-0.2, 0) is 6.54 Å². The second kappa shape index (κ2) is 7.42. The van der Waals surface area contributed by atoms with Crippen LogP contribution in [0.4, 0.5) is 0 Å². The lowest BCUT2D eigenvalue weighted by Crippen LogP contribution is -2.47. The minimum atomic E-state index is -0.619. The maximum Gasteiger partial charge on any atom is 0.151 e. The van der Waals surface area contributed by atoms with Crippen LogP contribution in [-0.4, -0.2) is 56.0 Å². The van der Waals surface area contributed by atoms with Crippen LogP contribution in [0.2, 0.25) is 0 Å². The summed E-state index contributed by atoms with van der Waals surface area (Å²) in [5.41, 5.74) is 0.464. The van der Waals surface area contributed by atoms with Gasteiger partial charge in [-0.1, -0.05) is 18.2 Å². The van der Waals surface area contributed by atoms with E-state index in [1.165, 1.54) is 0 Å². The van der Waals surface area contributed by atoms with Crippen molar-refractivity contribution in [1.29, 1.82) is 0 Å². The first-order chi connectivity index (χ1) is 11.5. The van der Waals surface area contributed by atoms with Gasteiger partial charge >= 0.3 is 0 Å². The summed E-state index contributed by atoms with van der Waals surface area (Å²) in [6.45, 7) is 7.23. The molecule has 1 saturated heterocycles. The molecule has 130 valence electrons. The molecule has 6 heteroatoms. The lowest BCUT2D eigenvalue weighted by molar-refractivity contribution is 0.0268. The highest BCUT2D eigenvalue weighted by Gasteiger charge is 2.24. The molecule has 3 rings (SSSR count). The summed E-state index contributed by atoms with van der Waals surface area (Å²) in [5, 5.41) is 21.8. The number of likely N-dealkylation sites (tertiary alicyclic amines) is 1. The monoisotopic (exact) mass is 329 g/mol. The zero-order valence-electron chi connectivity index (χ0n) is 14.5. The van der Waals surface area contributed by atoms with Gasteiger partial charge in [-0.05, 0) is 51.9 Å². The third-order valence-corrected chi connectivity index (χ3v) is 4.40. The van der Waals surface area contributed by atoms with Crippen molar-refractivity contribution in [2.45, 2.75) is 44.9 Å². The van der Waals surface area contributed by atoms with Crippen molar-refractivity contribution in [1.82, 2.24) is 25.0 Å². The van der Waals surface area contributed by atoms with E-state index in [0.717, 1.165) is 44.0 Å². The molecule has 0 bridgehead atoms. The van der Waals surface area contributed by atoms with Crippen molar-refractivity contribution in [3.8, 4) is 5.69 Å². The Kier molecular flexibility index (Phi) is 5.28. The normalized spacial score (nSPS) is 17.3. The first-order valence-electron chi connectivity index (χ1n) is 8.64. The van der Waals surface area contributed by atoms with Crippen molar-refractivity contribution in [3.63, 3.8) is 0 Å². The van der Waals surface area contributed by atoms with Gasteiger partial charge < -0.3 is 15.3 Å². The molecule has 2 N–H and O–H groups in total. The number of aliphatic hydroxyl groups is 1. The SMILES string of the molecule is CC(C)(O)CN1CCC(NCc2nncn2-c2ccccc2)CC1. The van der Waals surface area contributed by atoms with E-state index in [4.69, 9.17) is 0 Å². The third-order valence-electron chi connectivity index (χ3n) is 4.40. The van der Waals surface area contributed by atoms with Gasteiger partial charge in [-0.2, -0.15) is 0 Å². The van der Waals surface area contributed by atoms with Gasteiger partial charge in [0.05, 0.1) is 12.1 Å². The molecule has 0 unspecified atom stereocenters. The molecule has 0 spiro atoms. The number of rotatable bonds is 6. The number of nitrogens with zero attached hydrogens (tertiary/aromatic N) is 4. The Hall–Kier alpha value is -1.76. The molecule has 1 aromatic carbocycles. The van der Waals surface area contributed by atoms with Crippen molar-refractivity contribution in [2.24, 2.45) is 0 Å². The van der Waals surface area contributed by atoms with Gasteiger partial charge in [0.15, 0.2) is 5.82 Å². The molecule has 0 aliphatic carbocycles. The Morgan fingerprint density at radius 3 is 2.58 bits per heavy atom. The van der Waals surface area contributed by atoms with E-state index in [2.05, 4.69) is 32.5 Å². The molecule has 1 aromatic heterocycles. The van der Waals surface area contributed by atoms with Crippen LogP contribution in [0.5, 0.6) is 0 Å². The fourth-order valence-electron chi connectivity index (χ4n) is 3.26. The lowest BCUT2D eigenvalue weighted by Gasteiger charge is -2.35. The van der Waals surface area contributed by atoms with Gasteiger partial charge in [-0.15, -0.1) is 10.2 Å². The number of benzene rings is 1. The zero-order chi connectivity index (χ0) is 17.0. The largest absolute Gasteiger partial charge is 0.389 e. The summed E-state index contributed by atoms with van der Waals surface area (Å²) < 4.78 is 2.02. The van der Waals surface area contributed by atoms with E-state index >= 15 is 0 Å². The van der Waals surface area contributed by atoms with E-state index in [0.29, 0.717) is 12.6 Å². The van der Waals surface area contributed by atoms with Gasteiger partial charge in [-0.3, -0.25) is 4.57 Å². The highest BCUT2D eigenvalue weighted by atomic mass is 16.3. The number of hydrogen-bond acceptors (Lipinski definition) is 5. The van der Waals surface area contributed by atoms with Gasteiger partial charge in [0.25, 0.3) is 0 Å². The van der Waals surface area contributed by atoms with Crippen molar-refractivity contribution < 1.29 is 5.11 Å². The molecule has 24 heavy (non-hydrogen) atoms. The highest BCUT2D eigenvalue weighted by molar-refractivity contribution is 5.31. The minimum Gasteiger partial charge on any atom is -0.389 e. The van der Waals surface area contributed by atoms with E-state index in [1.54, 1.807) is 6.33 Å². The summed E-state index contributed by atoms with van der Waals surface area (Å²) in [6, 6.07) is 10.6. The van der Waals surface area contributed by atoms with Gasteiger partial charge in [0, 0.05) is 18.3 Å². The number of piperidine rings is 1. The third kappa shape index (κ3) is 4.63. The molecular formula is C18H27N5O. The summed E-state index contributed by atoms with van der Waals surface area (Å²) >= 11 is 0. The number of para-hydroxylation sites is 1. The Labute approximate surface area is 143 Å².